The van der Waals surface area contributed by atoms with Gasteiger partial charge >= 0.3 is 0 Å². The van der Waals surface area contributed by atoms with Gasteiger partial charge in [0.2, 0.25) is 10.0 Å². The molecule has 1 aliphatic heterocycles. The molecule has 23 heavy (non-hydrogen) atoms. The maximum atomic E-state index is 12.6. The lowest BCUT2D eigenvalue weighted by Crippen LogP contribution is -2.35. The van der Waals surface area contributed by atoms with E-state index in [1.807, 2.05) is 0 Å². The maximum Gasteiger partial charge on any atom is 0.253 e. The number of hydrogen-bond donors (Lipinski definition) is 1. The summed E-state index contributed by atoms with van der Waals surface area (Å²) < 4.78 is 32.6. The number of sulfonamides is 1. The molecule has 1 fully saturated rings. The van der Waals surface area contributed by atoms with Crippen molar-refractivity contribution in [1.29, 1.82) is 0 Å². The van der Waals surface area contributed by atoms with Crippen LogP contribution in [0.1, 0.15) is 43.5 Å². The first kappa shape index (κ1) is 17.7. The summed E-state index contributed by atoms with van der Waals surface area (Å²) >= 11 is 0. The lowest BCUT2D eigenvalue weighted by atomic mass is 10.1. The fourth-order valence-electron chi connectivity index (χ4n) is 2.67. The zero-order chi connectivity index (χ0) is 16.9. The van der Waals surface area contributed by atoms with Crippen molar-refractivity contribution in [3.63, 3.8) is 0 Å². The fraction of sp³-hybridized carbons (Fsp3) is 0.562. The van der Waals surface area contributed by atoms with Crippen LogP contribution < -0.4 is 9.46 Å². The number of ether oxygens (including phenoxy) is 1. The first-order valence-electron chi connectivity index (χ1n) is 8.05. The molecule has 7 heteroatoms. The highest BCUT2D eigenvalue weighted by molar-refractivity contribution is 7.89. The number of nitrogens with zero attached hydrogens (tertiary/aromatic N) is 1. The molecule has 1 aromatic carbocycles. The summed E-state index contributed by atoms with van der Waals surface area (Å²) in [5, 5.41) is 0. The molecule has 1 heterocycles. The third-order valence-corrected chi connectivity index (χ3v) is 5.32. The SMILES string of the molecule is CCNS(=O)(=O)c1cc(C(=O)N2CCCCC2)ccc1OCC. The van der Waals surface area contributed by atoms with Crippen molar-refractivity contribution in [2.45, 2.75) is 38.0 Å². The van der Waals surface area contributed by atoms with Crippen molar-refractivity contribution < 1.29 is 17.9 Å². The second kappa shape index (κ2) is 7.79. The van der Waals surface area contributed by atoms with E-state index in [0.717, 1.165) is 32.4 Å². The van der Waals surface area contributed by atoms with Crippen molar-refractivity contribution >= 4 is 15.9 Å². The molecule has 0 unspecified atom stereocenters. The smallest absolute Gasteiger partial charge is 0.253 e. The molecule has 1 aliphatic rings. The molecule has 1 amide bonds. The molecule has 128 valence electrons. The van der Waals surface area contributed by atoms with Gasteiger partial charge in [0.05, 0.1) is 6.61 Å². The lowest BCUT2D eigenvalue weighted by Gasteiger charge is -2.27. The van der Waals surface area contributed by atoms with E-state index in [1.54, 1.807) is 30.9 Å². The number of amides is 1. The molecule has 0 bridgehead atoms. The minimum atomic E-state index is -3.70. The number of nitrogens with one attached hydrogen (secondary N) is 1. The van der Waals surface area contributed by atoms with E-state index in [-0.39, 0.29) is 23.1 Å². The molecule has 0 radical (unpaired) electrons. The summed E-state index contributed by atoms with van der Waals surface area (Å²) in [7, 11) is -3.70. The molecule has 0 atom stereocenters. The van der Waals surface area contributed by atoms with Crippen LogP contribution in [0, 0.1) is 0 Å². The van der Waals surface area contributed by atoms with Gasteiger partial charge in [-0.25, -0.2) is 13.1 Å². The Balaban J connectivity index is 2.37. The zero-order valence-corrected chi connectivity index (χ0v) is 14.5. The summed E-state index contributed by atoms with van der Waals surface area (Å²) in [5.74, 6) is 0.143. The van der Waals surface area contributed by atoms with Gasteiger partial charge in [-0.1, -0.05) is 6.92 Å². The molecular formula is C16H24N2O4S. The molecular weight excluding hydrogens is 316 g/mol. The largest absolute Gasteiger partial charge is 0.492 e. The molecule has 0 spiro atoms. The Bertz CT molecular complexity index is 652. The number of carbonyl (C=O) groups excluding carboxylic acids is 1. The van der Waals surface area contributed by atoms with E-state index in [0.29, 0.717) is 12.2 Å². The lowest BCUT2D eigenvalue weighted by molar-refractivity contribution is 0.0724. The van der Waals surface area contributed by atoms with Gasteiger partial charge in [-0.05, 0) is 44.4 Å². The third kappa shape index (κ3) is 4.23. The number of piperidine rings is 1. The normalized spacial score (nSPS) is 15.5. The molecule has 0 aromatic heterocycles. The van der Waals surface area contributed by atoms with E-state index in [1.165, 1.54) is 6.07 Å². The topological polar surface area (TPSA) is 75.7 Å². The van der Waals surface area contributed by atoms with Gasteiger partial charge in [-0.15, -0.1) is 0 Å². The van der Waals surface area contributed by atoms with Gasteiger partial charge in [-0.2, -0.15) is 0 Å². The van der Waals surface area contributed by atoms with Gasteiger partial charge in [0.25, 0.3) is 5.91 Å². The highest BCUT2D eigenvalue weighted by Crippen LogP contribution is 2.26. The predicted octanol–water partition coefficient (Wildman–Crippen LogP) is 2.01. The van der Waals surface area contributed by atoms with Crippen molar-refractivity contribution in [3.05, 3.63) is 23.8 Å². The summed E-state index contributed by atoms with van der Waals surface area (Å²) in [5.41, 5.74) is 0.381. The van der Waals surface area contributed by atoms with E-state index in [2.05, 4.69) is 4.72 Å². The van der Waals surface area contributed by atoms with Gasteiger partial charge in [0.1, 0.15) is 10.6 Å². The van der Waals surface area contributed by atoms with Crippen LogP contribution in [0.15, 0.2) is 23.1 Å². The highest BCUT2D eigenvalue weighted by Gasteiger charge is 2.24. The van der Waals surface area contributed by atoms with Crippen LogP contribution in [0.5, 0.6) is 5.75 Å². The van der Waals surface area contributed by atoms with E-state index in [4.69, 9.17) is 4.74 Å². The van der Waals surface area contributed by atoms with Crippen molar-refractivity contribution in [2.75, 3.05) is 26.2 Å². The average Bonchev–Trinajstić information content (AvgIpc) is 2.55. The van der Waals surface area contributed by atoms with Crippen molar-refractivity contribution in [2.24, 2.45) is 0 Å². The summed E-state index contributed by atoms with van der Waals surface area (Å²) in [6.45, 7) is 5.58. The molecule has 2 rings (SSSR count). The monoisotopic (exact) mass is 340 g/mol. The van der Waals surface area contributed by atoms with E-state index >= 15 is 0 Å². The Hall–Kier alpha value is -1.60. The van der Waals surface area contributed by atoms with Gasteiger partial charge in [0.15, 0.2) is 0 Å². The molecule has 6 nitrogen and oxygen atoms in total. The molecule has 0 saturated carbocycles. The Kier molecular flexibility index (Phi) is 6.01. The Morgan fingerprint density at radius 1 is 1.22 bits per heavy atom. The maximum absolute atomic E-state index is 12.6. The zero-order valence-electron chi connectivity index (χ0n) is 13.7. The van der Waals surface area contributed by atoms with Crippen LogP contribution in [-0.4, -0.2) is 45.5 Å². The summed E-state index contributed by atoms with van der Waals surface area (Å²) in [4.78, 5) is 14.4. The average molecular weight is 340 g/mol. The minimum Gasteiger partial charge on any atom is -0.492 e. The van der Waals surface area contributed by atoms with Crippen LogP contribution in [0.3, 0.4) is 0 Å². The Morgan fingerprint density at radius 2 is 1.91 bits per heavy atom. The van der Waals surface area contributed by atoms with Crippen molar-refractivity contribution in [1.82, 2.24) is 9.62 Å². The second-order valence-corrected chi connectivity index (χ2v) is 7.18. The first-order chi connectivity index (χ1) is 11.0. The van der Waals surface area contributed by atoms with Gasteiger partial charge in [0, 0.05) is 25.2 Å². The van der Waals surface area contributed by atoms with Gasteiger partial charge in [-0.3, -0.25) is 4.79 Å². The van der Waals surface area contributed by atoms with Crippen LogP contribution in [0.25, 0.3) is 0 Å². The standard InChI is InChI=1S/C16H24N2O4S/c1-3-17-23(20,21)15-12-13(8-9-14(15)22-4-2)16(19)18-10-6-5-7-11-18/h8-9,12,17H,3-7,10-11H2,1-2H3. The number of likely N-dealkylation sites (tertiary alicyclic amines) is 1. The van der Waals surface area contributed by atoms with Gasteiger partial charge < -0.3 is 9.64 Å². The van der Waals surface area contributed by atoms with E-state index < -0.39 is 10.0 Å². The third-order valence-electron chi connectivity index (χ3n) is 3.76. The van der Waals surface area contributed by atoms with Crippen LogP contribution in [0.4, 0.5) is 0 Å². The Morgan fingerprint density at radius 3 is 2.52 bits per heavy atom. The molecule has 1 N–H and O–H groups in total. The highest BCUT2D eigenvalue weighted by atomic mass is 32.2. The Labute approximate surface area is 137 Å². The second-order valence-electron chi connectivity index (χ2n) is 5.45. The van der Waals surface area contributed by atoms with Crippen molar-refractivity contribution in [3.8, 4) is 5.75 Å². The van der Waals surface area contributed by atoms with Crippen LogP contribution in [-0.2, 0) is 10.0 Å². The first-order valence-corrected chi connectivity index (χ1v) is 9.53. The fourth-order valence-corrected chi connectivity index (χ4v) is 3.88. The molecule has 0 aliphatic carbocycles. The molecule has 1 saturated heterocycles. The minimum absolute atomic E-state index is 0.0176. The number of rotatable bonds is 6. The molecule has 1 aromatic rings. The number of carbonyl (C=O) groups is 1. The summed E-state index contributed by atoms with van der Waals surface area (Å²) in [6, 6.07) is 4.61. The summed E-state index contributed by atoms with van der Waals surface area (Å²) in [6.07, 6.45) is 3.11. The predicted molar refractivity (Wildman–Crippen MR) is 88.2 cm³/mol. The van der Waals surface area contributed by atoms with Crippen LogP contribution in [0.2, 0.25) is 0 Å². The quantitative estimate of drug-likeness (QED) is 0.859. The number of benzene rings is 1. The van der Waals surface area contributed by atoms with Crippen LogP contribution >= 0.6 is 0 Å². The van der Waals surface area contributed by atoms with E-state index in [9.17, 15) is 13.2 Å². The number of hydrogen-bond acceptors (Lipinski definition) is 4.